The molecule has 0 spiro atoms. The number of hydrogen-bond donors (Lipinski definition) is 3. The van der Waals surface area contributed by atoms with Crippen molar-refractivity contribution in [1.82, 2.24) is 20.6 Å². The molecule has 8 nitrogen and oxygen atoms in total. The Morgan fingerprint density at radius 1 is 1.24 bits per heavy atom. The first-order valence-electron chi connectivity index (χ1n) is 9.59. The van der Waals surface area contributed by atoms with Gasteiger partial charge >= 0.3 is 6.03 Å². The standard InChI is InChI=1S/C20H23FN6O2/c1-12-11-23-18(24-16(12)22)27-8-6-14(7-9-27)20(17(28)25-19(29)26-20)10-13-2-4-15(21)5-3-13/h2-5,11,14H,6-10H2,1H3,(H2,22,23,24)(H2,25,26,28,29)/t20-/m1/s1. The lowest BCUT2D eigenvalue weighted by Crippen LogP contribution is -2.57. The Morgan fingerprint density at radius 2 is 1.93 bits per heavy atom. The number of amides is 3. The molecule has 0 unspecified atom stereocenters. The third kappa shape index (κ3) is 3.59. The Morgan fingerprint density at radius 3 is 2.52 bits per heavy atom. The van der Waals surface area contributed by atoms with E-state index in [4.69, 9.17) is 5.73 Å². The zero-order valence-corrected chi connectivity index (χ0v) is 16.1. The largest absolute Gasteiger partial charge is 0.383 e. The number of halogens is 1. The summed E-state index contributed by atoms with van der Waals surface area (Å²) in [7, 11) is 0. The van der Waals surface area contributed by atoms with Crippen LogP contribution in [0.2, 0.25) is 0 Å². The Bertz CT molecular complexity index is 942. The van der Waals surface area contributed by atoms with E-state index in [2.05, 4.69) is 20.6 Å². The number of imide groups is 1. The first-order chi connectivity index (χ1) is 13.9. The van der Waals surface area contributed by atoms with Crippen molar-refractivity contribution < 1.29 is 14.0 Å². The van der Waals surface area contributed by atoms with Gasteiger partial charge in [0.1, 0.15) is 17.2 Å². The predicted octanol–water partition coefficient (Wildman–Crippen LogP) is 1.54. The number of nitrogens with one attached hydrogen (secondary N) is 2. The van der Waals surface area contributed by atoms with Gasteiger partial charge in [-0.1, -0.05) is 12.1 Å². The highest BCUT2D eigenvalue weighted by atomic mass is 19.1. The van der Waals surface area contributed by atoms with Gasteiger partial charge < -0.3 is 16.0 Å². The molecule has 3 amide bonds. The van der Waals surface area contributed by atoms with E-state index in [1.807, 2.05) is 11.8 Å². The van der Waals surface area contributed by atoms with Crippen molar-refractivity contribution in [2.75, 3.05) is 23.7 Å². The van der Waals surface area contributed by atoms with Crippen LogP contribution in [0, 0.1) is 18.7 Å². The molecule has 0 aliphatic carbocycles. The maximum Gasteiger partial charge on any atom is 0.322 e. The van der Waals surface area contributed by atoms with Gasteiger partial charge in [0.15, 0.2) is 0 Å². The van der Waals surface area contributed by atoms with Crippen molar-refractivity contribution in [3.05, 3.63) is 47.4 Å². The van der Waals surface area contributed by atoms with Crippen LogP contribution in [-0.2, 0) is 11.2 Å². The summed E-state index contributed by atoms with van der Waals surface area (Å²) in [5.41, 5.74) is 6.47. The molecule has 3 heterocycles. The summed E-state index contributed by atoms with van der Waals surface area (Å²) in [6.45, 7) is 3.13. The van der Waals surface area contributed by atoms with E-state index >= 15 is 0 Å². The van der Waals surface area contributed by atoms with Crippen molar-refractivity contribution in [1.29, 1.82) is 0 Å². The summed E-state index contributed by atoms with van der Waals surface area (Å²) in [5.74, 6) is 0.277. The Labute approximate surface area is 167 Å². The van der Waals surface area contributed by atoms with Crippen LogP contribution in [0.4, 0.5) is 21.0 Å². The highest BCUT2D eigenvalue weighted by molar-refractivity contribution is 6.07. The van der Waals surface area contributed by atoms with Crippen molar-refractivity contribution in [2.45, 2.75) is 31.7 Å². The molecule has 0 radical (unpaired) electrons. The summed E-state index contributed by atoms with van der Waals surface area (Å²) in [6, 6.07) is 5.52. The highest BCUT2D eigenvalue weighted by Crippen LogP contribution is 2.34. The van der Waals surface area contributed by atoms with Gasteiger partial charge in [0, 0.05) is 31.3 Å². The minimum Gasteiger partial charge on any atom is -0.383 e. The second-order valence-electron chi connectivity index (χ2n) is 7.68. The van der Waals surface area contributed by atoms with Crippen molar-refractivity contribution in [3.63, 3.8) is 0 Å². The normalized spacial score (nSPS) is 22.5. The second-order valence-corrected chi connectivity index (χ2v) is 7.68. The van der Waals surface area contributed by atoms with Crippen LogP contribution in [0.5, 0.6) is 0 Å². The number of aryl methyl sites for hydroxylation is 1. The maximum atomic E-state index is 13.3. The molecule has 0 bridgehead atoms. The molecule has 4 N–H and O–H groups in total. The van der Waals surface area contributed by atoms with E-state index in [9.17, 15) is 14.0 Å². The fraction of sp³-hybridized carbons (Fsp3) is 0.400. The van der Waals surface area contributed by atoms with E-state index in [1.54, 1.807) is 18.3 Å². The summed E-state index contributed by atoms with van der Waals surface area (Å²) < 4.78 is 13.3. The number of urea groups is 1. The van der Waals surface area contributed by atoms with Gasteiger partial charge in [0.05, 0.1) is 0 Å². The predicted molar refractivity (Wildman–Crippen MR) is 106 cm³/mol. The molecule has 2 aromatic rings. The van der Waals surface area contributed by atoms with Crippen LogP contribution in [0.1, 0.15) is 24.0 Å². The van der Waals surface area contributed by atoms with Gasteiger partial charge in [-0.25, -0.2) is 14.2 Å². The van der Waals surface area contributed by atoms with E-state index in [-0.39, 0.29) is 17.6 Å². The molecule has 152 valence electrons. The number of piperidine rings is 1. The van der Waals surface area contributed by atoms with E-state index in [1.165, 1.54) is 12.1 Å². The average Bonchev–Trinajstić information content (AvgIpc) is 3.00. The summed E-state index contributed by atoms with van der Waals surface area (Å²) in [6.07, 6.45) is 3.35. The number of rotatable bonds is 4. The zero-order valence-electron chi connectivity index (χ0n) is 16.1. The summed E-state index contributed by atoms with van der Waals surface area (Å²) in [4.78, 5) is 35.5. The molecule has 29 heavy (non-hydrogen) atoms. The molecule has 1 aromatic carbocycles. The number of nitrogens with two attached hydrogens (primary N) is 1. The number of nitrogen functional groups attached to an aromatic ring is 1. The summed E-state index contributed by atoms with van der Waals surface area (Å²) in [5, 5.41) is 5.23. The van der Waals surface area contributed by atoms with Crippen LogP contribution in [-0.4, -0.2) is 40.5 Å². The molecule has 9 heteroatoms. The third-order valence-corrected chi connectivity index (χ3v) is 5.84. The first kappa shape index (κ1) is 19.1. The molecule has 2 saturated heterocycles. The van der Waals surface area contributed by atoms with Crippen LogP contribution < -0.4 is 21.3 Å². The van der Waals surface area contributed by atoms with Crippen LogP contribution in [0.3, 0.4) is 0 Å². The van der Waals surface area contributed by atoms with Gasteiger partial charge in [-0.3, -0.25) is 10.1 Å². The number of carbonyl (C=O) groups is 2. The molecule has 0 saturated carbocycles. The minimum atomic E-state index is -1.05. The van der Waals surface area contributed by atoms with E-state index in [0.717, 1.165) is 11.1 Å². The minimum absolute atomic E-state index is 0.0713. The zero-order chi connectivity index (χ0) is 20.6. The van der Waals surface area contributed by atoms with E-state index in [0.29, 0.717) is 44.1 Å². The SMILES string of the molecule is Cc1cnc(N2CCC([C@@]3(Cc4ccc(F)cc4)NC(=O)NC3=O)CC2)nc1N. The van der Waals surface area contributed by atoms with E-state index < -0.39 is 11.6 Å². The van der Waals surface area contributed by atoms with Gasteiger partial charge in [-0.15, -0.1) is 0 Å². The van der Waals surface area contributed by atoms with Gasteiger partial charge in [0.25, 0.3) is 5.91 Å². The number of anilines is 2. The molecule has 2 fully saturated rings. The lowest BCUT2D eigenvalue weighted by atomic mass is 9.74. The number of benzene rings is 1. The Balaban J connectivity index is 1.53. The number of aromatic nitrogens is 2. The summed E-state index contributed by atoms with van der Waals surface area (Å²) >= 11 is 0. The molecule has 2 aliphatic heterocycles. The molecule has 4 rings (SSSR count). The highest BCUT2D eigenvalue weighted by Gasteiger charge is 2.52. The monoisotopic (exact) mass is 398 g/mol. The Kier molecular flexibility index (Phi) is 4.81. The fourth-order valence-corrected chi connectivity index (χ4v) is 4.16. The fourth-order valence-electron chi connectivity index (χ4n) is 4.16. The smallest absolute Gasteiger partial charge is 0.322 e. The van der Waals surface area contributed by atoms with Crippen LogP contribution >= 0.6 is 0 Å². The number of carbonyl (C=O) groups excluding carboxylic acids is 2. The first-order valence-corrected chi connectivity index (χ1v) is 9.59. The van der Waals surface area contributed by atoms with Crippen molar-refractivity contribution in [2.24, 2.45) is 5.92 Å². The number of hydrogen-bond acceptors (Lipinski definition) is 6. The van der Waals surface area contributed by atoms with Gasteiger partial charge in [-0.2, -0.15) is 4.98 Å². The molecular weight excluding hydrogens is 375 g/mol. The molecular formula is C20H23FN6O2. The quantitative estimate of drug-likeness (QED) is 0.674. The maximum absolute atomic E-state index is 13.3. The molecule has 2 aliphatic rings. The second kappa shape index (κ2) is 7.31. The lowest BCUT2D eigenvalue weighted by molar-refractivity contribution is -0.126. The molecule has 1 aromatic heterocycles. The lowest BCUT2D eigenvalue weighted by Gasteiger charge is -2.40. The average molecular weight is 398 g/mol. The van der Waals surface area contributed by atoms with Crippen molar-refractivity contribution in [3.8, 4) is 0 Å². The topological polar surface area (TPSA) is 113 Å². The van der Waals surface area contributed by atoms with Crippen LogP contribution in [0.25, 0.3) is 0 Å². The van der Waals surface area contributed by atoms with Gasteiger partial charge in [0.2, 0.25) is 5.95 Å². The van der Waals surface area contributed by atoms with Crippen LogP contribution in [0.15, 0.2) is 30.5 Å². The third-order valence-electron chi connectivity index (χ3n) is 5.84. The van der Waals surface area contributed by atoms with Gasteiger partial charge in [-0.05, 0) is 43.4 Å². The van der Waals surface area contributed by atoms with Crippen molar-refractivity contribution >= 4 is 23.7 Å². The Hall–Kier alpha value is -3.23. The molecule has 1 atom stereocenters. The number of nitrogens with zero attached hydrogens (tertiary/aromatic N) is 3.